The zero-order valence-corrected chi connectivity index (χ0v) is 11.7. The maximum atomic E-state index is 5.81. The summed E-state index contributed by atoms with van der Waals surface area (Å²) in [6, 6.07) is 14.2. The lowest BCUT2D eigenvalue weighted by molar-refractivity contribution is 0.411. The molecular formula is C16H20N2O. The highest BCUT2D eigenvalue weighted by Crippen LogP contribution is 2.22. The van der Waals surface area contributed by atoms with Gasteiger partial charge in [-0.3, -0.25) is 0 Å². The van der Waals surface area contributed by atoms with E-state index in [1.807, 2.05) is 24.3 Å². The van der Waals surface area contributed by atoms with Crippen LogP contribution in [0.1, 0.15) is 11.1 Å². The number of anilines is 2. The third-order valence-electron chi connectivity index (χ3n) is 3.19. The Kier molecular flexibility index (Phi) is 3.95. The first kappa shape index (κ1) is 13.3. The number of nitrogen functional groups attached to an aromatic ring is 1. The third kappa shape index (κ3) is 3.19. The number of hydrogen-bond donors (Lipinski definition) is 1. The molecule has 19 heavy (non-hydrogen) atoms. The van der Waals surface area contributed by atoms with Crippen LogP contribution in [0.2, 0.25) is 0 Å². The molecule has 2 rings (SSSR count). The second kappa shape index (κ2) is 5.65. The minimum absolute atomic E-state index is 0.787. The summed E-state index contributed by atoms with van der Waals surface area (Å²) in [4.78, 5) is 2.18. The second-order valence-corrected chi connectivity index (χ2v) is 4.76. The van der Waals surface area contributed by atoms with Crippen molar-refractivity contribution in [2.45, 2.75) is 13.5 Å². The van der Waals surface area contributed by atoms with Gasteiger partial charge >= 0.3 is 0 Å². The summed E-state index contributed by atoms with van der Waals surface area (Å²) in [6.07, 6.45) is 0. The SMILES string of the molecule is COc1ccc(CN(C)c2cccc(N)c2)cc1C. The molecule has 0 aliphatic rings. The first-order valence-electron chi connectivity index (χ1n) is 6.30. The molecule has 100 valence electrons. The van der Waals surface area contributed by atoms with Crippen LogP contribution in [-0.2, 0) is 6.54 Å². The van der Waals surface area contributed by atoms with Crippen LogP contribution in [0.5, 0.6) is 5.75 Å². The lowest BCUT2D eigenvalue weighted by Gasteiger charge is -2.20. The Labute approximate surface area is 114 Å². The maximum absolute atomic E-state index is 5.81. The predicted molar refractivity (Wildman–Crippen MR) is 80.7 cm³/mol. The van der Waals surface area contributed by atoms with Crippen molar-refractivity contribution in [2.75, 3.05) is 24.8 Å². The van der Waals surface area contributed by atoms with Crippen LogP contribution in [0.4, 0.5) is 11.4 Å². The molecule has 0 spiro atoms. The summed E-state index contributed by atoms with van der Waals surface area (Å²) in [5.74, 6) is 0.926. The van der Waals surface area contributed by atoms with E-state index in [-0.39, 0.29) is 0 Å². The second-order valence-electron chi connectivity index (χ2n) is 4.76. The number of methoxy groups -OCH3 is 1. The number of nitrogens with two attached hydrogens (primary N) is 1. The molecule has 2 aromatic rings. The van der Waals surface area contributed by atoms with E-state index >= 15 is 0 Å². The number of ether oxygens (including phenoxy) is 1. The predicted octanol–water partition coefficient (Wildman–Crippen LogP) is 3.22. The fourth-order valence-electron chi connectivity index (χ4n) is 2.17. The van der Waals surface area contributed by atoms with E-state index < -0.39 is 0 Å². The Morgan fingerprint density at radius 2 is 1.95 bits per heavy atom. The normalized spacial score (nSPS) is 10.3. The molecule has 3 heteroatoms. The molecule has 0 heterocycles. The lowest BCUT2D eigenvalue weighted by Crippen LogP contribution is -2.16. The molecule has 0 fully saturated rings. The highest BCUT2D eigenvalue weighted by atomic mass is 16.5. The smallest absolute Gasteiger partial charge is 0.121 e. The topological polar surface area (TPSA) is 38.5 Å². The molecule has 2 aromatic carbocycles. The first-order chi connectivity index (χ1) is 9.10. The monoisotopic (exact) mass is 256 g/mol. The first-order valence-corrected chi connectivity index (χ1v) is 6.30. The fraction of sp³-hybridized carbons (Fsp3) is 0.250. The van der Waals surface area contributed by atoms with Crippen molar-refractivity contribution >= 4 is 11.4 Å². The highest BCUT2D eigenvalue weighted by molar-refractivity contribution is 5.55. The molecule has 0 aliphatic carbocycles. The Hall–Kier alpha value is -2.16. The van der Waals surface area contributed by atoms with E-state index in [2.05, 4.69) is 37.1 Å². The van der Waals surface area contributed by atoms with E-state index in [9.17, 15) is 0 Å². The van der Waals surface area contributed by atoms with Crippen LogP contribution >= 0.6 is 0 Å². The van der Waals surface area contributed by atoms with E-state index in [4.69, 9.17) is 10.5 Å². The van der Waals surface area contributed by atoms with E-state index in [1.165, 1.54) is 5.56 Å². The Balaban J connectivity index is 2.14. The summed E-state index contributed by atoms with van der Waals surface area (Å²) in [6.45, 7) is 2.90. The molecule has 0 amide bonds. The lowest BCUT2D eigenvalue weighted by atomic mass is 10.1. The standard InChI is InChI=1S/C16H20N2O/c1-12-9-13(7-8-16(12)19-3)11-18(2)15-6-4-5-14(17)10-15/h4-10H,11,17H2,1-3H3. The largest absolute Gasteiger partial charge is 0.496 e. The Morgan fingerprint density at radius 3 is 2.58 bits per heavy atom. The van der Waals surface area contributed by atoms with Gasteiger partial charge in [0.15, 0.2) is 0 Å². The summed E-state index contributed by atoms with van der Waals surface area (Å²) < 4.78 is 5.28. The van der Waals surface area contributed by atoms with Gasteiger partial charge in [0.05, 0.1) is 7.11 Å². The van der Waals surface area contributed by atoms with Gasteiger partial charge in [0.1, 0.15) is 5.75 Å². The summed E-state index contributed by atoms with van der Waals surface area (Å²) in [5, 5.41) is 0. The quantitative estimate of drug-likeness (QED) is 0.854. The zero-order valence-electron chi connectivity index (χ0n) is 11.7. The van der Waals surface area contributed by atoms with Crippen molar-refractivity contribution in [1.82, 2.24) is 0 Å². The van der Waals surface area contributed by atoms with Crippen molar-refractivity contribution in [3.8, 4) is 5.75 Å². The van der Waals surface area contributed by atoms with Crippen LogP contribution in [-0.4, -0.2) is 14.2 Å². The summed E-state index contributed by atoms with van der Waals surface area (Å²) >= 11 is 0. The van der Waals surface area contributed by atoms with Crippen molar-refractivity contribution in [2.24, 2.45) is 0 Å². The van der Waals surface area contributed by atoms with Crippen molar-refractivity contribution in [3.05, 3.63) is 53.6 Å². The molecule has 0 radical (unpaired) electrons. The van der Waals surface area contributed by atoms with Gasteiger partial charge in [0.2, 0.25) is 0 Å². The molecule has 0 unspecified atom stereocenters. The number of nitrogens with zero attached hydrogens (tertiary/aromatic N) is 1. The van der Waals surface area contributed by atoms with E-state index in [0.29, 0.717) is 0 Å². The molecule has 0 saturated carbocycles. The van der Waals surface area contributed by atoms with Gasteiger partial charge in [0.25, 0.3) is 0 Å². The fourth-order valence-corrected chi connectivity index (χ4v) is 2.17. The van der Waals surface area contributed by atoms with Crippen molar-refractivity contribution in [1.29, 1.82) is 0 Å². The number of rotatable bonds is 4. The highest BCUT2D eigenvalue weighted by Gasteiger charge is 2.05. The molecule has 3 nitrogen and oxygen atoms in total. The van der Waals surface area contributed by atoms with E-state index in [0.717, 1.165) is 29.2 Å². The number of hydrogen-bond acceptors (Lipinski definition) is 3. The summed E-state index contributed by atoms with van der Waals surface area (Å²) in [7, 11) is 3.76. The number of aryl methyl sites for hydroxylation is 1. The summed E-state index contributed by atoms with van der Waals surface area (Å²) in [5.41, 5.74) is 10.1. The molecule has 0 atom stereocenters. The molecular weight excluding hydrogens is 236 g/mol. The molecule has 0 saturated heterocycles. The van der Waals surface area contributed by atoms with Crippen molar-refractivity contribution in [3.63, 3.8) is 0 Å². The molecule has 0 bridgehead atoms. The van der Waals surface area contributed by atoms with Gasteiger partial charge in [-0.05, 0) is 42.3 Å². The minimum atomic E-state index is 0.787. The van der Waals surface area contributed by atoms with Crippen molar-refractivity contribution < 1.29 is 4.74 Å². The third-order valence-corrected chi connectivity index (χ3v) is 3.19. The molecule has 0 aromatic heterocycles. The van der Waals surface area contributed by atoms with Gasteiger partial charge in [-0.2, -0.15) is 0 Å². The average molecular weight is 256 g/mol. The van der Waals surface area contributed by atoms with Crippen LogP contribution < -0.4 is 15.4 Å². The minimum Gasteiger partial charge on any atom is -0.496 e. The van der Waals surface area contributed by atoms with Crippen LogP contribution in [0.3, 0.4) is 0 Å². The van der Waals surface area contributed by atoms with Gasteiger partial charge in [-0.1, -0.05) is 18.2 Å². The van der Waals surface area contributed by atoms with Gasteiger partial charge in [0, 0.05) is 25.0 Å². The Bertz CT molecular complexity index is 566. The number of benzene rings is 2. The zero-order chi connectivity index (χ0) is 13.8. The van der Waals surface area contributed by atoms with Crippen LogP contribution in [0, 0.1) is 6.92 Å². The van der Waals surface area contributed by atoms with Gasteiger partial charge in [-0.25, -0.2) is 0 Å². The average Bonchev–Trinajstić information content (AvgIpc) is 2.39. The molecule has 0 aliphatic heterocycles. The van der Waals surface area contributed by atoms with Crippen LogP contribution in [0.15, 0.2) is 42.5 Å². The van der Waals surface area contributed by atoms with Gasteiger partial charge in [-0.15, -0.1) is 0 Å². The Morgan fingerprint density at radius 1 is 1.16 bits per heavy atom. The van der Waals surface area contributed by atoms with Crippen LogP contribution in [0.25, 0.3) is 0 Å². The van der Waals surface area contributed by atoms with E-state index in [1.54, 1.807) is 7.11 Å². The molecule has 2 N–H and O–H groups in total. The van der Waals surface area contributed by atoms with Gasteiger partial charge < -0.3 is 15.4 Å². The maximum Gasteiger partial charge on any atom is 0.121 e.